The number of rotatable bonds is 5. The van der Waals surface area contributed by atoms with Gasteiger partial charge >= 0.3 is 6.18 Å². The summed E-state index contributed by atoms with van der Waals surface area (Å²) in [7, 11) is 0. The molecule has 8 heteroatoms. The lowest BCUT2D eigenvalue weighted by Gasteiger charge is -2.12. The van der Waals surface area contributed by atoms with E-state index >= 15 is 0 Å². The molecule has 0 saturated carbocycles. The molecule has 4 nitrogen and oxygen atoms in total. The predicted molar refractivity (Wildman–Crippen MR) is 105 cm³/mol. The van der Waals surface area contributed by atoms with Gasteiger partial charge in [0.15, 0.2) is 0 Å². The van der Waals surface area contributed by atoms with Gasteiger partial charge in [0.1, 0.15) is 11.6 Å². The third-order valence-electron chi connectivity index (χ3n) is 4.47. The molecule has 0 atom stereocenters. The third-order valence-corrected chi connectivity index (χ3v) is 5.32. The highest BCUT2D eigenvalue weighted by Gasteiger charge is 2.30. The van der Waals surface area contributed by atoms with Crippen LogP contribution in [0.15, 0.2) is 35.7 Å². The maximum Gasteiger partial charge on any atom is 0.406 e. The molecule has 2 aromatic heterocycles. The molecule has 1 N–H and O–H groups in total. The summed E-state index contributed by atoms with van der Waals surface area (Å²) < 4.78 is 39.6. The van der Waals surface area contributed by atoms with Crippen molar-refractivity contribution in [2.24, 2.45) is 0 Å². The van der Waals surface area contributed by atoms with Crippen molar-refractivity contribution in [3.63, 3.8) is 0 Å². The number of aryl methyl sites for hydroxylation is 2. The van der Waals surface area contributed by atoms with Crippen LogP contribution in [0.5, 0.6) is 0 Å². The van der Waals surface area contributed by atoms with Gasteiger partial charge in [-0.1, -0.05) is 18.2 Å². The number of amides is 1. The van der Waals surface area contributed by atoms with E-state index in [0.29, 0.717) is 27.7 Å². The normalized spacial score (nSPS) is 11.6. The molecule has 0 bridgehead atoms. The van der Waals surface area contributed by atoms with Crippen LogP contribution in [0.2, 0.25) is 0 Å². The van der Waals surface area contributed by atoms with Crippen molar-refractivity contribution in [2.45, 2.75) is 39.9 Å². The number of nitrogens with one attached hydrogen (secondary N) is 1. The molecular formula is C20H20F3N3OS. The fraction of sp³-hybridized carbons (Fsp3) is 0.300. The van der Waals surface area contributed by atoms with Crippen LogP contribution in [0.3, 0.4) is 0 Å². The Morgan fingerprint density at radius 3 is 2.61 bits per heavy atom. The fourth-order valence-electron chi connectivity index (χ4n) is 3.04. The Bertz CT molecular complexity index is 1000. The molecule has 0 aliphatic rings. The van der Waals surface area contributed by atoms with E-state index in [9.17, 15) is 18.0 Å². The van der Waals surface area contributed by atoms with E-state index < -0.39 is 12.7 Å². The molecule has 0 saturated heterocycles. The molecule has 2 heterocycles. The second-order valence-corrected chi connectivity index (χ2v) is 7.60. The van der Waals surface area contributed by atoms with Gasteiger partial charge in [0.25, 0.3) is 0 Å². The van der Waals surface area contributed by atoms with Gasteiger partial charge in [0, 0.05) is 28.0 Å². The van der Waals surface area contributed by atoms with E-state index in [-0.39, 0.29) is 12.3 Å². The molecule has 0 fully saturated rings. The molecule has 1 aromatic carbocycles. The lowest BCUT2D eigenvalue weighted by molar-refractivity contribution is -0.141. The molecular weight excluding hydrogens is 387 g/mol. The number of benzene rings is 1. The molecule has 0 aliphatic heterocycles. The second-order valence-electron chi connectivity index (χ2n) is 6.65. The zero-order valence-corrected chi connectivity index (χ0v) is 16.5. The van der Waals surface area contributed by atoms with Crippen LogP contribution in [0.4, 0.5) is 18.9 Å². The average Bonchev–Trinajstić information content (AvgIpc) is 3.15. The van der Waals surface area contributed by atoms with Crippen molar-refractivity contribution in [1.82, 2.24) is 9.55 Å². The van der Waals surface area contributed by atoms with Gasteiger partial charge in [0.2, 0.25) is 5.91 Å². The van der Waals surface area contributed by atoms with Crippen molar-refractivity contribution in [3.8, 4) is 11.3 Å². The quantitative estimate of drug-likeness (QED) is 0.625. The highest BCUT2D eigenvalue weighted by molar-refractivity contribution is 7.10. The Morgan fingerprint density at radius 2 is 1.93 bits per heavy atom. The lowest BCUT2D eigenvalue weighted by atomic mass is 10.2. The first kappa shape index (κ1) is 20.1. The van der Waals surface area contributed by atoms with Crippen LogP contribution in [0.1, 0.15) is 22.0 Å². The average molecular weight is 407 g/mol. The number of hydrogen-bond donors (Lipinski definition) is 1. The topological polar surface area (TPSA) is 46.9 Å². The van der Waals surface area contributed by atoms with Crippen molar-refractivity contribution in [1.29, 1.82) is 0 Å². The summed E-state index contributed by atoms with van der Waals surface area (Å²) in [5.74, 6) is -0.183. The number of nitrogens with zero attached hydrogens (tertiary/aromatic N) is 2. The fourth-order valence-corrected chi connectivity index (χ4v) is 3.84. The number of carbonyl (C=O) groups excluding carboxylic acids is 1. The second kappa shape index (κ2) is 7.79. The summed E-state index contributed by atoms with van der Waals surface area (Å²) in [5, 5.41) is 5.24. The first-order valence-corrected chi connectivity index (χ1v) is 9.56. The van der Waals surface area contributed by atoms with Gasteiger partial charge in [-0.2, -0.15) is 13.2 Å². The Morgan fingerprint density at radius 1 is 1.21 bits per heavy atom. The molecule has 1 amide bonds. The highest BCUT2D eigenvalue weighted by atomic mass is 32.1. The molecule has 28 heavy (non-hydrogen) atoms. The Balaban J connectivity index is 1.75. The van der Waals surface area contributed by atoms with Gasteiger partial charge in [-0.05, 0) is 38.5 Å². The number of carbonyl (C=O) groups is 1. The van der Waals surface area contributed by atoms with Gasteiger partial charge in [0.05, 0.1) is 12.1 Å². The van der Waals surface area contributed by atoms with E-state index in [2.05, 4.69) is 10.3 Å². The van der Waals surface area contributed by atoms with Crippen LogP contribution < -0.4 is 5.32 Å². The Labute approximate surface area is 165 Å². The number of halogens is 3. The number of anilines is 1. The minimum absolute atomic E-state index is 0.111. The van der Waals surface area contributed by atoms with Crippen LogP contribution >= 0.6 is 11.3 Å². The highest BCUT2D eigenvalue weighted by Crippen LogP contribution is 2.30. The Hall–Kier alpha value is -2.61. The van der Waals surface area contributed by atoms with Gasteiger partial charge in [-0.3, -0.25) is 4.79 Å². The first-order valence-electron chi connectivity index (χ1n) is 8.68. The molecule has 0 unspecified atom stereocenters. The summed E-state index contributed by atoms with van der Waals surface area (Å²) >= 11 is 1.32. The van der Waals surface area contributed by atoms with Crippen molar-refractivity contribution in [2.75, 3.05) is 5.32 Å². The number of hydrogen-bond acceptors (Lipinski definition) is 3. The van der Waals surface area contributed by atoms with Crippen LogP contribution in [0, 0.1) is 20.8 Å². The molecule has 3 rings (SSSR count). The Kier molecular flexibility index (Phi) is 5.60. The zero-order valence-electron chi connectivity index (χ0n) is 15.7. The number of thiazole rings is 1. The summed E-state index contributed by atoms with van der Waals surface area (Å²) in [6.45, 7) is 4.18. The zero-order chi connectivity index (χ0) is 20.5. The standard InChI is InChI=1S/C20H20F3N3OS/c1-12-6-4-5-7-16(12)24-18(27)9-19-25-17(10-28-19)15-8-13(2)26(14(15)3)11-20(21,22)23/h4-8,10H,9,11H2,1-3H3,(H,24,27). The smallest absolute Gasteiger partial charge is 0.339 e. The number of aromatic nitrogens is 2. The van der Waals surface area contributed by atoms with Gasteiger partial charge in [-0.25, -0.2) is 4.98 Å². The minimum atomic E-state index is -4.29. The summed E-state index contributed by atoms with van der Waals surface area (Å²) in [6, 6.07) is 9.19. The molecule has 148 valence electrons. The predicted octanol–water partition coefficient (Wildman–Crippen LogP) is 5.28. The number of para-hydroxylation sites is 1. The third kappa shape index (κ3) is 4.62. The lowest BCUT2D eigenvalue weighted by Crippen LogP contribution is -2.19. The van der Waals surface area contributed by atoms with Crippen LogP contribution in [-0.2, 0) is 17.8 Å². The molecule has 0 aliphatic carbocycles. The largest absolute Gasteiger partial charge is 0.406 e. The molecule has 3 aromatic rings. The summed E-state index contributed by atoms with van der Waals surface area (Å²) in [4.78, 5) is 16.7. The van der Waals surface area contributed by atoms with E-state index in [1.807, 2.05) is 31.2 Å². The van der Waals surface area contributed by atoms with Crippen LogP contribution in [0.25, 0.3) is 11.3 Å². The van der Waals surface area contributed by atoms with E-state index in [0.717, 1.165) is 11.3 Å². The maximum atomic E-state index is 12.8. The van der Waals surface area contributed by atoms with E-state index in [1.165, 1.54) is 15.9 Å². The van der Waals surface area contributed by atoms with Gasteiger partial charge in [-0.15, -0.1) is 11.3 Å². The molecule has 0 radical (unpaired) electrons. The van der Waals surface area contributed by atoms with Crippen LogP contribution in [-0.4, -0.2) is 21.6 Å². The van der Waals surface area contributed by atoms with E-state index in [4.69, 9.17) is 0 Å². The summed E-state index contributed by atoms with van der Waals surface area (Å²) in [6.07, 6.45) is -4.17. The molecule has 0 spiro atoms. The number of alkyl halides is 3. The maximum absolute atomic E-state index is 12.8. The SMILES string of the molecule is Cc1ccccc1NC(=O)Cc1nc(-c2cc(C)n(CC(F)(F)F)c2C)cs1. The van der Waals surface area contributed by atoms with Crippen molar-refractivity contribution in [3.05, 3.63) is 57.7 Å². The van der Waals surface area contributed by atoms with Gasteiger partial charge < -0.3 is 9.88 Å². The minimum Gasteiger partial charge on any atom is -0.339 e. The monoisotopic (exact) mass is 407 g/mol. The summed E-state index contributed by atoms with van der Waals surface area (Å²) in [5.41, 5.74) is 3.99. The van der Waals surface area contributed by atoms with Crippen molar-refractivity contribution >= 4 is 22.9 Å². The van der Waals surface area contributed by atoms with E-state index in [1.54, 1.807) is 25.3 Å². The van der Waals surface area contributed by atoms with Crippen molar-refractivity contribution < 1.29 is 18.0 Å². The first-order chi connectivity index (χ1) is 13.1.